The summed E-state index contributed by atoms with van der Waals surface area (Å²) in [4.78, 5) is 6.95. The number of benzene rings is 1. The van der Waals surface area contributed by atoms with Gasteiger partial charge in [0.2, 0.25) is 5.88 Å². The maximum absolute atomic E-state index is 13.8. The lowest BCUT2D eigenvalue weighted by Gasteiger charge is -2.49. The van der Waals surface area contributed by atoms with Crippen molar-refractivity contribution in [2.75, 3.05) is 18.0 Å². The van der Waals surface area contributed by atoms with E-state index in [0.717, 1.165) is 18.9 Å². The number of fused-ring (bicyclic) bond motifs is 1. The van der Waals surface area contributed by atoms with Crippen LogP contribution in [-0.2, 0) is 6.61 Å². The number of nitrogens with zero attached hydrogens (tertiary/aromatic N) is 2. The SMILES string of the molecule is Fc1cc(Cl)ccc1COc1cccc(N2CCN[C@@H]3CC[C@H]32)n1. The molecule has 1 aliphatic heterocycles. The summed E-state index contributed by atoms with van der Waals surface area (Å²) in [5.41, 5.74) is 0.466. The fraction of sp³-hybridized carbons (Fsp3) is 0.389. The summed E-state index contributed by atoms with van der Waals surface area (Å²) in [5.74, 6) is 1.08. The summed E-state index contributed by atoms with van der Waals surface area (Å²) in [6.45, 7) is 2.06. The highest BCUT2D eigenvalue weighted by Crippen LogP contribution is 2.31. The smallest absolute Gasteiger partial charge is 0.215 e. The summed E-state index contributed by atoms with van der Waals surface area (Å²) in [5, 5.41) is 3.92. The van der Waals surface area contributed by atoms with Crippen molar-refractivity contribution in [1.29, 1.82) is 0 Å². The minimum absolute atomic E-state index is 0.132. The van der Waals surface area contributed by atoms with Crippen LogP contribution in [0.4, 0.5) is 10.2 Å². The molecule has 1 aromatic heterocycles. The Morgan fingerprint density at radius 2 is 2.21 bits per heavy atom. The van der Waals surface area contributed by atoms with Crippen LogP contribution < -0.4 is 15.0 Å². The lowest BCUT2D eigenvalue weighted by Crippen LogP contribution is -2.63. The molecule has 6 heteroatoms. The van der Waals surface area contributed by atoms with Crippen molar-refractivity contribution < 1.29 is 9.13 Å². The van der Waals surface area contributed by atoms with Gasteiger partial charge in [-0.05, 0) is 31.0 Å². The van der Waals surface area contributed by atoms with Gasteiger partial charge in [-0.3, -0.25) is 0 Å². The molecule has 2 fully saturated rings. The third kappa shape index (κ3) is 3.06. The number of nitrogens with one attached hydrogen (secondary N) is 1. The third-order valence-electron chi connectivity index (χ3n) is 4.79. The normalized spacial score (nSPS) is 22.7. The monoisotopic (exact) mass is 347 g/mol. The first-order valence-corrected chi connectivity index (χ1v) is 8.62. The van der Waals surface area contributed by atoms with Crippen LogP contribution in [0, 0.1) is 5.82 Å². The van der Waals surface area contributed by atoms with Crippen LogP contribution in [0.3, 0.4) is 0 Å². The standard InChI is InChI=1S/C18H19ClFN3O/c19-13-5-4-12(14(20)10-13)11-24-18-3-1-2-17(22-18)23-9-8-21-15-6-7-16(15)23/h1-5,10,15-16,21H,6-9,11H2/t15-,16-/m1/s1. The molecule has 2 aliphatic rings. The van der Waals surface area contributed by atoms with Gasteiger partial charge in [0.1, 0.15) is 18.2 Å². The highest BCUT2D eigenvalue weighted by molar-refractivity contribution is 6.30. The van der Waals surface area contributed by atoms with E-state index in [2.05, 4.69) is 15.2 Å². The second-order valence-corrected chi connectivity index (χ2v) is 6.69. The van der Waals surface area contributed by atoms with Gasteiger partial charge in [-0.25, -0.2) is 4.39 Å². The Kier molecular flexibility index (Phi) is 4.29. The van der Waals surface area contributed by atoms with Gasteiger partial charge in [-0.15, -0.1) is 0 Å². The summed E-state index contributed by atoms with van der Waals surface area (Å²) in [6, 6.07) is 11.4. The van der Waals surface area contributed by atoms with E-state index in [4.69, 9.17) is 16.3 Å². The molecule has 0 radical (unpaired) electrons. The maximum Gasteiger partial charge on any atom is 0.215 e. The van der Waals surface area contributed by atoms with E-state index >= 15 is 0 Å². The zero-order chi connectivity index (χ0) is 16.5. The number of piperazine rings is 1. The molecule has 2 atom stereocenters. The third-order valence-corrected chi connectivity index (χ3v) is 5.03. The number of aromatic nitrogens is 1. The Balaban J connectivity index is 1.46. The fourth-order valence-corrected chi connectivity index (χ4v) is 3.51. The number of pyridine rings is 1. The van der Waals surface area contributed by atoms with Gasteiger partial charge >= 0.3 is 0 Å². The molecule has 0 spiro atoms. The second-order valence-electron chi connectivity index (χ2n) is 6.26. The van der Waals surface area contributed by atoms with Gasteiger partial charge in [0, 0.05) is 41.8 Å². The lowest BCUT2D eigenvalue weighted by atomic mass is 9.83. The molecule has 126 valence electrons. The van der Waals surface area contributed by atoms with Crippen molar-refractivity contribution in [3.05, 3.63) is 52.8 Å². The van der Waals surface area contributed by atoms with E-state index in [1.807, 2.05) is 12.1 Å². The van der Waals surface area contributed by atoms with Crippen LogP contribution in [0.5, 0.6) is 5.88 Å². The second kappa shape index (κ2) is 6.57. The zero-order valence-electron chi connectivity index (χ0n) is 13.2. The molecule has 1 saturated heterocycles. The Morgan fingerprint density at radius 1 is 1.29 bits per heavy atom. The quantitative estimate of drug-likeness (QED) is 0.920. The molecule has 0 bridgehead atoms. The highest BCUT2D eigenvalue weighted by Gasteiger charge is 2.38. The van der Waals surface area contributed by atoms with Crippen molar-refractivity contribution in [1.82, 2.24) is 10.3 Å². The minimum Gasteiger partial charge on any atom is -0.473 e. The number of anilines is 1. The van der Waals surface area contributed by atoms with E-state index in [-0.39, 0.29) is 12.4 Å². The molecule has 2 heterocycles. The molecular formula is C18H19ClFN3O. The van der Waals surface area contributed by atoms with Crippen LogP contribution >= 0.6 is 11.6 Å². The van der Waals surface area contributed by atoms with Crippen molar-refractivity contribution in [3.63, 3.8) is 0 Å². The zero-order valence-corrected chi connectivity index (χ0v) is 14.0. The van der Waals surface area contributed by atoms with Crippen molar-refractivity contribution in [2.45, 2.75) is 31.5 Å². The summed E-state index contributed by atoms with van der Waals surface area (Å²) >= 11 is 5.77. The van der Waals surface area contributed by atoms with E-state index in [1.54, 1.807) is 18.2 Å². The summed E-state index contributed by atoms with van der Waals surface area (Å²) in [6.07, 6.45) is 2.42. The molecule has 2 aromatic rings. The number of hydrogen-bond acceptors (Lipinski definition) is 4. The van der Waals surface area contributed by atoms with Crippen LogP contribution in [0.2, 0.25) is 5.02 Å². The van der Waals surface area contributed by atoms with Gasteiger partial charge in [-0.2, -0.15) is 4.98 Å². The number of hydrogen-bond donors (Lipinski definition) is 1. The molecule has 1 aliphatic carbocycles. The van der Waals surface area contributed by atoms with Crippen LogP contribution in [0.1, 0.15) is 18.4 Å². The molecule has 0 amide bonds. The molecule has 0 unspecified atom stereocenters. The first kappa shape index (κ1) is 15.7. The van der Waals surface area contributed by atoms with Crippen molar-refractivity contribution in [3.8, 4) is 5.88 Å². The van der Waals surface area contributed by atoms with Crippen molar-refractivity contribution in [2.24, 2.45) is 0 Å². The average molecular weight is 348 g/mol. The average Bonchev–Trinajstić information content (AvgIpc) is 2.55. The lowest BCUT2D eigenvalue weighted by molar-refractivity contribution is 0.238. The van der Waals surface area contributed by atoms with Crippen LogP contribution in [-0.4, -0.2) is 30.2 Å². The van der Waals surface area contributed by atoms with Gasteiger partial charge < -0.3 is 15.0 Å². The highest BCUT2D eigenvalue weighted by atomic mass is 35.5. The molecule has 1 saturated carbocycles. The van der Waals surface area contributed by atoms with Gasteiger partial charge in [-0.1, -0.05) is 23.7 Å². The van der Waals surface area contributed by atoms with Crippen molar-refractivity contribution >= 4 is 17.4 Å². The van der Waals surface area contributed by atoms with Gasteiger partial charge in [0.05, 0.1) is 0 Å². The van der Waals surface area contributed by atoms with E-state index in [0.29, 0.717) is 28.5 Å². The summed E-state index contributed by atoms with van der Waals surface area (Å²) in [7, 11) is 0. The van der Waals surface area contributed by atoms with Crippen LogP contribution in [0.25, 0.3) is 0 Å². The molecule has 24 heavy (non-hydrogen) atoms. The largest absolute Gasteiger partial charge is 0.473 e. The first-order chi connectivity index (χ1) is 11.7. The molecule has 4 rings (SSSR count). The topological polar surface area (TPSA) is 37.4 Å². The molecule has 1 aromatic carbocycles. The number of rotatable bonds is 4. The molecule has 1 N–H and O–H groups in total. The van der Waals surface area contributed by atoms with E-state index in [9.17, 15) is 4.39 Å². The molecule has 4 nitrogen and oxygen atoms in total. The van der Waals surface area contributed by atoms with Crippen LogP contribution in [0.15, 0.2) is 36.4 Å². The Bertz CT molecular complexity index is 742. The number of halogens is 2. The predicted molar refractivity (Wildman–Crippen MR) is 92.1 cm³/mol. The first-order valence-electron chi connectivity index (χ1n) is 8.24. The summed E-state index contributed by atoms with van der Waals surface area (Å²) < 4.78 is 19.5. The molecular weight excluding hydrogens is 329 g/mol. The Hall–Kier alpha value is -1.85. The Morgan fingerprint density at radius 3 is 3.00 bits per heavy atom. The Labute approximate surface area is 145 Å². The fourth-order valence-electron chi connectivity index (χ4n) is 3.35. The van der Waals surface area contributed by atoms with E-state index in [1.165, 1.54) is 18.9 Å². The van der Waals surface area contributed by atoms with E-state index < -0.39 is 0 Å². The van der Waals surface area contributed by atoms with Gasteiger partial charge in [0.25, 0.3) is 0 Å². The minimum atomic E-state index is -0.363. The maximum atomic E-state index is 13.8. The van der Waals surface area contributed by atoms with Gasteiger partial charge in [0.15, 0.2) is 0 Å². The number of ether oxygens (including phenoxy) is 1. The predicted octanol–water partition coefficient (Wildman–Crippen LogP) is 3.39.